The molecular formula is C21H24N6O3. The number of hydrogen-bond donors (Lipinski definition) is 1. The molecule has 9 nitrogen and oxygen atoms in total. The van der Waals surface area contributed by atoms with Gasteiger partial charge in [-0.1, -0.05) is 12.1 Å². The van der Waals surface area contributed by atoms with Crippen molar-refractivity contribution < 1.29 is 14.4 Å². The molecule has 0 aliphatic carbocycles. The smallest absolute Gasteiger partial charge is 0.262 e. The molecule has 1 fully saturated rings. The number of amides is 3. The highest BCUT2D eigenvalue weighted by Gasteiger charge is 2.36. The third-order valence-electron chi connectivity index (χ3n) is 5.27. The first kappa shape index (κ1) is 19.8. The predicted octanol–water partition coefficient (Wildman–Crippen LogP) is 1.77. The van der Waals surface area contributed by atoms with E-state index < -0.39 is 17.7 Å². The average Bonchev–Trinajstić information content (AvgIpc) is 2.99. The van der Waals surface area contributed by atoms with Crippen molar-refractivity contribution in [3.8, 4) is 0 Å². The highest BCUT2D eigenvalue weighted by molar-refractivity contribution is 6.22. The number of hydrogen-bond acceptors (Lipinski definition) is 7. The highest BCUT2D eigenvalue weighted by Crippen LogP contribution is 2.26. The van der Waals surface area contributed by atoms with Crippen molar-refractivity contribution in [3.05, 3.63) is 41.6 Å². The topological polar surface area (TPSA) is 98.7 Å². The van der Waals surface area contributed by atoms with Crippen LogP contribution in [0.2, 0.25) is 0 Å². The number of nitrogens with zero attached hydrogens (tertiary/aromatic N) is 5. The lowest BCUT2D eigenvalue weighted by Crippen LogP contribution is -2.37. The van der Waals surface area contributed by atoms with E-state index in [1.54, 1.807) is 35.4 Å². The number of aromatic nitrogens is 2. The number of nitrogens with one attached hydrogen (secondary N) is 1. The van der Waals surface area contributed by atoms with E-state index in [1.165, 1.54) is 6.42 Å². The van der Waals surface area contributed by atoms with Crippen LogP contribution >= 0.6 is 0 Å². The predicted molar refractivity (Wildman–Crippen MR) is 113 cm³/mol. The number of piperidine rings is 1. The van der Waals surface area contributed by atoms with E-state index in [1.807, 2.05) is 14.1 Å². The minimum atomic E-state index is -0.484. The van der Waals surface area contributed by atoms with Crippen molar-refractivity contribution in [1.29, 1.82) is 0 Å². The summed E-state index contributed by atoms with van der Waals surface area (Å²) in [5.74, 6) is -0.203. The molecule has 2 aromatic rings. The van der Waals surface area contributed by atoms with Gasteiger partial charge >= 0.3 is 0 Å². The Labute approximate surface area is 174 Å². The van der Waals surface area contributed by atoms with Crippen molar-refractivity contribution in [2.75, 3.05) is 48.8 Å². The van der Waals surface area contributed by atoms with Gasteiger partial charge in [-0.2, -0.15) is 4.98 Å². The quantitative estimate of drug-likeness (QED) is 0.753. The van der Waals surface area contributed by atoms with Crippen molar-refractivity contribution >= 4 is 35.2 Å². The average molecular weight is 408 g/mol. The van der Waals surface area contributed by atoms with E-state index in [0.717, 1.165) is 30.8 Å². The van der Waals surface area contributed by atoms with Gasteiger partial charge in [-0.25, -0.2) is 4.98 Å². The number of imide groups is 1. The largest absolute Gasteiger partial charge is 0.361 e. The minimum absolute atomic E-state index is 0.318. The van der Waals surface area contributed by atoms with Crippen molar-refractivity contribution in [2.24, 2.45) is 0 Å². The fourth-order valence-electron chi connectivity index (χ4n) is 3.76. The van der Waals surface area contributed by atoms with Gasteiger partial charge in [0.2, 0.25) is 11.9 Å². The van der Waals surface area contributed by atoms with E-state index in [9.17, 15) is 14.4 Å². The maximum atomic E-state index is 12.6. The van der Waals surface area contributed by atoms with Crippen LogP contribution in [-0.2, 0) is 4.79 Å². The zero-order chi connectivity index (χ0) is 21.3. The van der Waals surface area contributed by atoms with Crippen molar-refractivity contribution in [2.45, 2.75) is 19.3 Å². The monoisotopic (exact) mass is 408 g/mol. The molecule has 1 aromatic carbocycles. The molecule has 3 amide bonds. The Morgan fingerprint density at radius 1 is 1.07 bits per heavy atom. The fourth-order valence-corrected chi connectivity index (χ4v) is 3.76. The summed E-state index contributed by atoms with van der Waals surface area (Å²) in [6.45, 7) is 1.46. The minimum Gasteiger partial charge on any atom is -0.361 e. The first-order valence-electron chi connectivity index (χ1n) is 10.00. The molecule has 0 spiro atoms. The fraction of sp³-hybridized carbons (Fsp3) is 0.381. The number of rotatable bonds is 5. The van der Waals surface area contributed by atoms with Crippen LogP contribution in [0.15, 0.2) is 30.5 Å². The number of fused-ring (bicyclic) bond motifs is 1. The molecule has 1 saturated heterocycles. The van der Waals surface area contributed by atoms with E-state index in [-0.39, 0.29) is 6.54 Å². The van der Waals surface area contributed by atoms with Crippen LogP contribution in [0.4, 0.5) is 17.5 Å². The second kappa shape index (κ2) is 8.10. The Balaban J connectivity index is 1.49. The van der Waals surface area contributed by atoms with Gasteiger partial charge < -0.3 is 15.1 Å². The summed E-state index contributed by atoms with van der Waals surface area (Å²) in [6.07, 6.45) is 5.01. The number of carbonyl (C=O) groups is 3. The van der Waals surface area contributed by atoms with Crippen molar-refractivity contribution in [3.63, 3.8) is 0 Å². The zero-order valence-corrected chi connectivity index (χ0v) is 17.1. The standard InChI is InChI=1S/C21H24N6O3/c1-25(2)18-16(12-22-21(24-18)26-10-6-3-7-11-26)23-17(28)13-27-19(29)14-8-4-5-9-15(14)20(27)30/h4-5,8-9,12H,3,6-7,10-11,13H2,1-2H3,(H,23,28). The molecule has 1 aromatic heterocycles. The molecule has 0 unspecified atom stereocenters. The summed E-state index contributed by atoms with van der Waals surface area (Å²) in [5.41, 5.74) is 1.07. The molecule has 1 N–H and O–H groups in total. The molecular weight excluding hydrogens is 384 g/mol. The Morgan fingerprint density at radius 3 is 2.30 bits per heavy atom. The molecule has 0 atom stereocenters. The van der Waals surface area contributed by atoms with Crippen LogP contribution in [0.1, 0.15) is 40.0 Å². The summed E-state index contributed by atoms with van der Waals surface area (Å²) in [7, 11) is 3.67. The molecule has 3 heterocycles. The van der Waals surface area contributed by atoms with Crippen molar-refractivity contribution in [1.82, 2.24) is 14.9 Å². The zero-order valence-electron chi connectivity index (χ0n) is 17.1. The SMILES string of the molecule is CN(C)c1nc(N2CCCCC2)ncc1NC(=O)CN1C(=O)c2ccccc2C1=O. The van der Waals surface area contributed by atoms with Crippen LogP contribution in [0.25, 0.3) is 0 Å². The van der Waals surface area contributed by atoms with Gasteiger partial charge in [0, 0.05) is 27.2 Å². The Bertz CT molecular complexity index is 965. The van der Waals surface area contributed by atoms with Crippen LogP contribution in [0.5, 0.6) is 0 Å². The second-order valence-corrected chi connectivity index (χ2v) is 7.64. The second-order valence-electron chi connectivity index (χ2n) is 7.64. The van der Waals surface area contributed by atoms with E-state index in [0.29, 0.717) is 28.6 Å². The molecule has 2 aliphatic heterocycles. The van der Waals surface area contributed by atoms with Crippen LogP contribution in [0, 0.1) is 0 Å². The number of carbonyl (C=O) groups excluding carboxylic acids is 3. The third-order valence-corrected chi connectivity index (χ3v) is 5.27. The molecule has 4 rings (SSSR count). The summed E-state index contributed by atoms with van der Waals surface area (Å²) < 4.78 is 0. The number of anilines is 3. The van der Waals surface area contributed by atoms with Crippen LogP contribution in [-0.4, -0.2) is 66.3 Å². The first-order valence-corrected chi connectivity index (χ1v) is 10.00. The molecule has 9 heteroatoms. The van der Waals surface area contributed by atoms with Gasteiger partial charge in [-0.3, -0.25) is 19.3 Å². The van der Waals surface area contributed by atoms with Crippen LogP contribution < -0.4 is 15.1 Å². The van der Waals surface area contributed by atoms with E-state index >= 15 is 0 Å². The molecule has 0 radical (unpaired) electrons. The summed E-state index contributed by atoms with van der Waals surface area (Å²) in [4.78, 5) is 51.5. The molecule has 2 aliphatic rings. The number of benzene rings is 1. The maximum Gasteiger partial charge on any atom is 0.262 e. The van der Waals surface area contributed by atoms with Gasteiger partial charge in [-0.15, -0.1) is 0 Å². The van der Waals surface area contributed by atoms with Gasteiger partial charge in [-0.05, 0) is 31.4 Å². The van der Waals surface area contributed by atoms with E-state index in [4.69, 9.17) is 0 Å². The normalized spacial score (nSPS) is 15.9. The molecule has 156 valence electrons. The summed E-state index contributed by atoms with van der Waals surface area (Å²) in [5, 5.41) is 2.75. The first-order chi connectivity index (χ1) is 14.5. The Morgan fingerprint density at radius 2 is 1.70 bits per heavy atom. The third kappa shape index (κ3) is 3.70. The highest BCUT2D eigenvalue weighted by atomic mass is 16.2. The van der Waals surface area contributed by atoms with Gasteiger partial charge in [0.15, 0.2) is 5.82 Å². The maximum absolute atomic E-state index is 12.6. The lowest BCUT2D eigenvalue weighted by atomic mass is 10.1. The molecule has 30 heavy (non-hydrogen) atoms. The Hall–Kier alpha value is -3.49. The molecule has 0 bridgehead atoms. The van der Waals surface area contributed by atoms with Gasteiger partial charge in [0.25, 0.3) is 11.8 Å². The lowest BCUT2D eigenvalue weighted by Gasteiger charge is -2.28. The summed E-state index contributed by atoms with van der Waals surface area (Å²) >= 11 is 0. The van der Waals surface area contributed by atoms with Crippen LogP contribution in [0.3, 0.4) is 0 Å². The van der Waals surface area contributed by atoms with Gasteiger partial charge in [0.1, 0.15) is 12.2 Å². The Kier molecular flexibility index (Phi) is 5.35. The molecule has 0 saturated carbocycles. The lowest BCUT2D eigenvalue weighted by molar-refractivity contribution is -0.116. The summed E-state index contributed by atoms with van der Waals surface area (Å²) in [6, 6.07) is 6.56. The van der Waals surface area contributed by atoms with Gasteiger partial charge in [0.05, 0.1) is 17.3 Å². The van der Waals surface area contributed by atoms with E-state index in [2.05, 4.69) is 20.2 Å².